The van der Waals surface area contributed by atoms with E-state index in [2.05, 4.69) is 5.32 Å². The third kappa shape index (κ3) is 2.61. The normalized spacial score (nSPS) is 12.6. The highest BCUT2D eigenvalue weighted by Crippen LogP contribution is 2.40. The van der Waals surface area contributed by atoms with Crippen LogP contribution >= 0.6 is 11.6 Å². The van der Waals surface area contributed by atoms with E-state index in [1.807, 2.05) is 47.1 Å². The summed E-state index contributed by atoms with van der Waals surface area (Å²) in [4.78, 5) is 0. The highest BCUT2D eigenvalue weighted by atomic mass is 35.5. The standard InChI is InChI=1S/C19H18ClN3O2/c1-24-16-6-4-3-5-13(16)18-14-9-10-21-19(14)23(22-18)15-11-12(20)7-8-17(15)25-2/h3-8,11,21H,9-10H2,1-2H3. The summed E-state index contributed by atoms with van der Waals surface area (Å²) in [6.07, 6.45) is 0.908. The SMILES string of the molecule is COc1ccccc1-c1nn(-c2cc(Cl)ccc2OC)c2c1CCN2. The van der Waals surface area contributed by atoms with E-state index in [9.17, 15) is 0 Å². The molecule has 5 nitrogen and oxygen atoms in total. The molecule has 0 unspecified atom stereocenters. The van der Waals surface area contributed by atoms with Crippen LogP contribution in [0.1, 0.15) is 5.56 Å². The van der Waals surface area contributed by atoms with Gasteiger partial charge in [0, 0.05) is 22.7 Å². The van der Waals surface area contributed by atoms with Crippen LogP contribution in [0.25, 0.3) is 16.9 Å². The maximum atomic E-state index is 6.21. The molecule has 0 spiro atoms. The number of para-hydroxylation sites is 1. The molecule has 128 valence electrons. The molecule has 6 heteroatoms. The lowest BCUT2D eigenvalue weighted by Gasteiger charge is -2.11. The lowest BCUT2D eigenvalue weighted by molar-refractivity contribution is 0.412. The second-order valence-electron chi connectivity index (χ2n) is 5.78. The van der Waals surface area contributed by atoms with Crippen LogP contribution in [-0.2, 0) is 6.42 Å². The van der Waals surface area contributed by atoms with E-state index >= 15 is 0 Å². The second kappa shape index (κ2) is 6.33. The number of ether oxygens (including phenoxy) is 2. The summed E-state index contributed by atoms with van der Waals surface area (Å²) < 4.78 is 12.9. The van der Waals surface area contributed by atoms with Crippen molar-refractivity contribution >= 4 is 17.4 Å². The molecule has 1 N–H and O–H groups in total. The van der Waals surface area contributed by atoms with Crippen LogP contribution in [0.3, 0.4) is 0 Å². The topological polar surface area (TPSA) is 48.3 Å². The Bertz CT molecular complexity index is 936. The third-order valence-electron chi connectivity index (χ3n) is 4.38. The Hall–Kier alpha value is -2.66. The zero-order valence-electron chi connectivity index (χ0n) is 14.0. The molecule has 1 aromatic heterocycles. The number of halogens is 1. The predicted molar refractivity (Wildman–Crippen MR) is 99.3 cm³/mol. The van der Waals surface area contributed by atoms with Crippen LogP contribution in [0.2, 0.25) is 5.02 Å². The van der Waals surface area contributed by atoms with Crippen LogP contribution in [-0.4, -0.2) is 30.5 Å². The highest BCUT2D eigenvalue weighted by Gasteiger charge is 2.26. The molecule has 0 atom stereocenters. The fraction of sp³-hybridized carbons (Fsp3) is 0.211. The summed E-state index contributed by atoms with van der Waals surface area (Å²) in [6.45, 7) is 0.873. The van der Waals surface area contributed by atoms with Gasteiger partial charge in [-0.2, -0.15) is 5.10 Å². The molecule has 0 radical (unpaired) electrons. The van der Waals surface area contributed by atoms with Crippen molar-refractivity contribution in [1.82, 2.24) is 9.78 Å². The highest BCUT2D eigenvalue weighted by molar-refractivity contribution is 6.30. The van der Waals surface area contributed by atoms with Crippen molar-refractivity contribution in [2.75, 3.05) is 26.1 Å². The number of nitrogens with zero attached hydrogens (tertiary/aromatic N) is 2. The van der Waals surface area contributed by atoms with Gasteiger partial charge >= 0.3 is 0 Å². The van der Waals surface area contributed by atoms with Gasteiger partial charge in [0.1, 0.15) is 28.7 Å². The maximum absolute atomic E-state index is 6.21. The number of nitrogens with one attached hydrogen (secondary N) is 1. The molecule has 1 aliphatic rings. The van der Waals surface area contributed by atoms with Crippen molar-refractivity contribution < 1.29 is 9.47 Å². The van der Waals surface area contributed by atoms with Crippen molar-refractivity contribution in [2.24, 2.45) is 0 Å². The minimum Gasteiger partial charge on any atom is -0.496 e. The van der Waals surface area contributed by atoms with E-state index in [-0.39, 0.29) is 0 Å². The Morgan fingerprint density at radius 2 is 1.88 bits per heavy atom. The van der Waals surface area contributed by atoms with Crippen LogP contribution in [0, 0.1) is 0 Å². The molecule has 0 aliphatic carbocycles. The van der Waals surface area contributed by atoms with Gasteiger partial charge in [0.25, 0.3) is 0 Å². The third-order valence-corrected chi connectivity index (χ3v) is 4.62. The minimum atomic E-state index is 0.636. The molecule has 25 heavy (non-hydrogen) atoms. The van der Waals surface area contributed by atoms with Crippen LogP contribution in [0.15, 0.2) is 42.5 Å². The average Bonchev–Trinajstić information content (AvgIpc) is 3.24. The lowest BCUT2D eigenvalue weighted by Crippen LogP contribution is -2.06. The molecular formula is C19H18ClN3O2. The van der Waals surface area contributed by atoms with E-state index in [1.165, 1.54) is 5.56 Å². The Morgan fingerprint density at radius 3 is 2.68 bits per heavy atom. The summed E-state index contributed by atoms with van der Waals surface area (Å²) in [5, 5.41) is 8.93. The molecule has 4 rings (SSSR count). The summed E-state index contributed by atoms with van der Waals surface area (Å²) >= 11 is 6.21. The largest absolute Gasteiger partial charge is 0.496 e. The first-order valence-electron chi connectivity index (χ1n) is 8.06. The van der Waals surface area contributed by atoms with Crippen molar-refractivity contribution in [3.63, 3.8) is 0 Å². The first kappa shape index (κ1) is 15.8. The average molecular weight is 356 g/mol. The van der Waals surface area contributed by atoms with Gasteiger partial charge in [-0.1, -0.05) is 23.7 Å². The maximum Gasteiger partial charge on any atom is 0.144 e. The van der Waals surface area contributed by atoms with Gasteiger partial charge in [-0.25, -0.2) is 4.68 Å². The summed E-state index contributed by atoms with van der Waals surface area (Å²) in [7, 11) is 3.32. The van der Waals surface area contributed by atoms with Gasteiger partial charge in [-0.3, -0.25) is 0 Å². The summed E-state index contributed by atoms with van der Waals surface area (Å²) in [6, 6.07) is 13.4. The van der Waals surface area contributed by atoms with E-state index in [0.29, 0.717) is 5.02 Å². The molecule has 3 aromatic rings. The molecule has 2 heterocycles. The number of aromatic nitrogens is 2. The van der Waals surface area contributed by atoms with E-state index < -0.39 is 0 Å². The smallest absolute Gasteiger partial charge is 0.144 e. The van der Waals surface area contributed by atoms with Gasteiger partial charge in [-0.15, -0.1) is 0 Å². The Morgan fingerprint density at radius 1 is 1.08 bits per heavy atom. The summed E-state index contributed by atoms with van der Waals surface area (Å²) in [5.74, 6) is 2.50. The van der Waals surface area contributed by atoms with Crippen LogP contribution < -0.4 is 14.8 Å². The van der Waals surface area contributed by atoms with Gasteiger partial charge < -0.3 is 14.8 Å². The molecule has 0 saturated carbocycles. The zero-order valence-corrected chi connectivity index (χ0v) is 14.8. The van der Waals surface area contributed by atoms with Crippen molar-refractivity contribution in [2.45, 2.75) is 6.42 Å². The van der Waals surface area contributed by atoms with Crippen molar-refractivity contribution in [3.8, 4) is 28.4 Å². The molecule has 0 saturated heterocycles. The quantitative estimate of drug-likeness (QED) is 0.762. The predicted octanol–water partition coefficient (Wildman–Crippen LogP) is 4.18. The first-order chi connectivity index (χ1) is 12.2. The van der Waals surface area contributed by atoms with Gasteiger partial charge in [-0.05, 0) is 36.8 Å². The molecule has 0 bridgehead atoms. The number of anilines is 1. The number of rotatable bonds is 4. The number of benzene rings is 2. The van der Waals surface area contributed by atoms with E-state index in [0.717, 1.165) is 47.2 Å². The number of methoxy groups -OCH3 is 2. The Balaban J connectivity index is 1.94. The number of fused-ring (bicyclic) bond motifs is 1. The zero-order chi connectivity index (χ0) is 17.4. The lowest BCUT2D eigenvalue weighted by atomic mass is 10.1. The number of hydrogen-bond donors (Lipinski definition) is 1. The molecule has 0 fully saturated rings. The van der Waals surface area contributed by atoms with Crippen LogP contribution in [0.4, 0.5) is 5.82 Å². The van der Waals surface area contributed by atoms with Gasteiger partial charge in [0.2, 0.25) is 0 Å². The van der Waals surface area contributed by atoms with E-state index in [4.69, 9.17) is 26.2 Å². The molecular weight excluding hydrogens is 338 g/mol. The van der Waals surface area contributed by atoms with Gasteiger partial charge in [0.15, 0.2) is 0 Å². The molecule has 2 aromatic carbocycles. The minimum absolute atomic E-state index is 0.636. The van der Waals surface area contributed by atoms with Gasteiger partial charge in [0.05, 0.1) is 14.2 Å². The summed E-state index contributed by atoms with van der Waals surface area (Å²) in [5.41, 5.74) is 3.87. The Kier molecular flexibility index (Phi) is 4.01. The first-order valence-corrected chi connectivity index (χ1v) is 8.44. The van der Waals surface area contributed by atoms with Crippen molar-refractivity contribution in [1.29, 1.82) is 0 Å². The molecule has 0 amide bonds. The Labute approximate surface area is 151 Å². The van der Waals surface area contributed by atoms with E-state index in [1.54, 1.807) is 14.2 Å². The second-order valence-corrected chi connectivity index (χ2v) is 6.22. The van der Waals surface area contributed by atoms with Crippen molar-refractivity contribution in [3.05, 3.63) is 53.1 Å². The van der Waals surface area contributed by atoms with Crippen LogP contribution in [0.5, 0.6) is 11.5 Å². The monoisotopic (exact) mass is 355 g/mol. The fourth-order valence-corrected chi connectivity index (χ4v) is 3.40. The fourth-order valence-electron chi connectivity index (χ4n) is 3.23. The molecule has 1 aliphatic heterocycles. The number of hydrogen-bond acceptors (Lipinski definition) is 4.